The van der Waals surface area contributed by atoms with Gasteiger partial charge in [-0.2, -0.15) is 0 Å². The molecule has 84 valence electrons. The van der Waals surface area contributed by atoms with Crippen LogP contribution in [0.3, 0.4) is 0 Å². The lowest BCUT2D eigenvalue weighted by Gasteiger charge is -2.26. The van der Waals surface area contributed by atoms with Crippen LogP contribution in [0.2, 0.25) is 0 Å². The quantitative estimate of drug-likeness (QED) is 0.754. The van der Waals surface area contributed by atoms with Gasteiger partial charge in [0, 0.05) is 13.1 Å². The van der Waals surface area contributed by atoms with Gasteiger partial charge in [-0.3, -0.25) is 5.32 Å². The Morgan fingerprint density at radius 1 is 1.57 bits per heavy atom. The van der Waals surface area contributed by atoms with Crippen molar-refractivity contribution in [3.8, 4) is 0 Å². The molecule has 0 aliphatic carbocycles. The Bertz CT molecular complexity index is 183. The maximum absolute atomic E-state index is 5.71. The Morgan fingerprint density at radius 2 is 2.36 bits per heavy atom. The summed E-state index contributed by atoms with van der Waals surface area (Å²) in [7, 11) is 2.20. The molecule has 2 saturated heterocycles. The molecule has 2 aliphatic heterocycles. The second-order valence-electron chi connectivity index (χ2n) is 4.63. The van der Waals surface area contributed by atoms with Crippen LogP contribution in [0.15, 0.2) is 0 Å². The molecule has 0 spiro atoms. The Balaban J connectivity index is 0.000000980. The third-order valence-corrected chi connectivity index (χ3v) is 3.19. The van der Waals surface area contributed by atoms with Crippen molar-refractivity contribution in [3.63, 3.8) is 0 Å². The lowest BCUT2D eigenvalue weighted by atomic mass is 9.97. The van der Waals surface area contributed by atoms with Gasteiger partial charge in [0.05, 0.1) is 6.61 Å². The van der Waals surface area contributed by atoms with Crippen LogP contribution in [-0.2, 0) is 4.74 Å². The van der Waals surface area contributed by atoms with Gasteiger partial charge < -0.3 is 9.64 Å². The summed E-state index contributed by atoms with van der Waals surface area (Å²) in [4.78, 5) is 2.41. The second kappa shape index (κ2) is 4.79. The molecular weight excluding hydrogens is 200 g/mol. The fourth-order valence-corrected chi connectivity index (χ4v) is 2.52. The largest absolute Gasteiger partial charge is 0.360 e. The molecule has 3 nitrogen and oxygen atoms in total. The lowest BCUT2D eigenvalue weighted by molar-refractivity contribution is -0.0122. The third-order valence-electron chi connectivity index (χ3n) is 3.19. The predicted molar refractivity (Wildman–Crippen MR) is 59.8 cm³/mol. The van der Waals surface area contributed by atoms with E-state index in [0.717, 1.165) is 25.5 Å². The van der Waals surface area contributed by atoms with E-state index in [2.05, 4.69) is 24.2 Å². The summed E-state index contributed by atoms with van der Waals surface area (Å²) in [6.45, 7) is 6.55. The number of hydrogen-bond donors (Lipinski definition) is 1. The van der Waals surface area contributed by atoms with E-state index in [1.54, 1.807) is 0 Å². The van der Waals surface area contributed by atoms with Crippen LogP contribution in [0.5, 0.6) is 0 Å². The summed E-state index contributed by atoms with van der Waals surface area (Å²) in [5.41, 5.74) is -0.0319. The zero-order chi connectivity index (χ0) is 9.31. The van der Waals surface area contributed by atoms with E-state index >= 15 is 0 Å². The number of nitrogens with one attached hydrogen (secondary N) is 1. The van der Waals surface area contributed by atoms with Crippen molar-refractivity contribution in [1.29, 1.82) is 0 Å². The Hall–Kier alpha value is 0.170. The number of rotatable bonds is 2. The highest BCUT2D eigenvalue weighted by Gasteiger charge is 2.34. The first-order valence-electron chi connectivity index (χ1n) is 5.25. The standard InChI is InChI=1S/C10H20N2O.ClH/c1-10(11-4-6-13-10)7-9-3-5-12(2)8-9;/h9,11H,3-8H2,1-2H3;1H. The first-order chi connectivity index (χ1) is 6.18. The molecule has 2 rings (SSSR count). The van der Waals surface area contributed by atoms with Crippen molar-refractivity contribution in [1.82, 2.24) is 10.2 Å². The highest BCUT2D eigenvalue weighted by Crippen LogP contribution is 2.27. The summed E-state index contributed by atoms with van der Waals surface area (Å²) in [6, 6.07) is 0. The van der Waals surface area contributed by atoms with Gasteiger partial charge in [-0.05, 0) is 39.3 Å². The summed E-state index contributed by atoms with van der Waals surface area (Å²) in [5, 5.41) is 3.43. The molecule has 2 fully saturated rings. The van der Waals surface area contributed by atoms with Crippen LogP contribution in [0.25, 0.3) is 0 Å². The number of likely N-dealkylation sites (tertiary alicyclic amines) is 1. The zero-order valence-electron chi connectivity index (χ0n) is 9.08. The van der Waals surface area contributed by atoms with E-state index in [-0.39, 0.29) is 18.1 Å². The minimum absolute atomic E-state index is 0. The van der Waals surface area contributed by atoms with Crippen molar-refractivity contribution >= 4 is 12.4 Å². The predicted octanol–water partition coefficient (Wildman–Crippen LogP) is 1.09. The molecule has 4 heteroatoms. The molecule has 14 heavy (non-hydrogen) atoms. The van der Waals surface area contributed by atoms with E-state index in [4.69, 9.17) is 4.74 Å². The first kappa shape index (κ1) is 12.2. The topological polar surface area (TPSA) is 24.5 Å². The number of hydrogen-bond acceptors (Lipinski definition) is 3. The average molecular weight is 221 g/mol. The van der Waals surface area contributed by atoms with Gasteiger partial charge in [0.2, 0.25) is 0 Å². The maximum Gasteiger partial charge on any atom is 0.116 e. The summed E-state index contributed by atoms with van der Waals surface area (Å²) in [5.74, 6) is 0.820. The van der Waals surface area contributed by atoms with Crippen molar-refractivity contribution in [2.75, 3.05) is 33.3 Å². The van der Waals surface area contributed by atoms with E-state index in [1.807, 2.05) is 0 Å². The molecule has 2 unspecified atom stereocenters. The molecule has 2 aliphatic rings. The van der Waals surface area contributed by atoms with Crippen molar-refractivity contribution in [3.05, 3.63) is 0 Å². The number of halogens is 1. The summed E-state index contributed by atoms with van der Waals surface area (Å²) in [6.07, 6.45) is 2.49. The van der Waals surface area contributed by atoms with Crippen molar-refractivity contribution in [2.24, 2.45) is 5.92 Å². The lowest BCUT2D eigenvalue weighted by Crippen LogP contribution is -2.40. The van der Waals surface area contributed by atoms with E-state index in [1.165, 1.54) is 19.5 Å². The van der Waals surface area contributed by atoms with Crippen LogP contribution in [0.4, 0.5) is 0 Å². The molecular formula is C10H21ClN2O. The minimum atomic E-state index is -0.0319. The Morgan fingerprint density at radius 3 is 2.86 bits per heavy atom. The fourth-order valence-electron chi connectivity index (χ4n) is 2.52. The molecule has 0 bridgehead atoms. The van der Waals surface area contributed by atoms with Gasteiger partial charge in [0.15, 0.2) is 0 Å². The zero-order valence-corrected chi connectivity index (χ0v) is 9.90. The first-order valence-corrected chi connectivity index (χ1v) is 5.25. The van der Waals surface area contributed by atoms with Gasteiger partial charge in [-0.25, -0.2) is 0 Å². The number of ether oxygens (including phenoxy) is 1. The SMILES string of the molecule is CN1CCC(CC2(C)NCCO2)C1.Cl. The maximum atomic E-state index is 5.71. The number of nitrogens with zero attached hydrogens (tertiary/aromatic N) is 1. The Kier molecular flexibility index (Phi) is 4.19. The molecule has 2 heterocycles. The monoisotopic (exact) mass is 220 g/mol. The van der Waals surface area contributed by atoms with E-state index < -0.39 is 0 Å². The smallest absolute Gasteiger partial charge is 0.116 e. The van der Waals surface area contributed by atoms with Gasteiger partial charge in [0.25, 0.3) is 0 Å². The van der Waals surface area contributed by atoms with Gasteiger partial charge >= 0.3 is 0 Å². The minimum Gasteiger partial charge on any atom is -0.360 e. The molecule has 2 atom stereocenters. The van der Waals surface area contributed by atoms with Crippen LogP contribution in [0, 0.1) is 5.92 Å². The second-order valence-corrected chi connectivity index (χ2v) is 4.63. The normalized spacial score (nSPS) is 38.6. The van der Waals surface area contributed by atoms with Crippen LogP contribution in [0.1, 0.15) is 19.8 Å². The molecule has 0 aromatic heterocycles. The van der Waals surface area contributed by atoms with E-state index in [0.29, 0.717) is 0 Å². The molecule has 0 amide bonds. The third kappa shape index (κ3) is 2.83. The highest BCUT2D eigenvalue weighted by atomic mass is 35.5. The fraction of sp³-hybridized carbons (Fsp3) is 1.00. The average Bonchev–Trinajstić information content (AvgIpc) is 2.62. The van der Waals surface area contributed by atoms with Crippen LogP contribution in [-0.4, -0.2) is 43.9 Å². The van der Waals surface area contributed by atoms with Gasteiger partial charge in [0.1, 0.15) is 5.72 Å². The van der Waals surface area contributed by atoms with Crippen LogP contribution < -0.4 is 5.32 Å². The van der Waals surface area contributed by atoms with Crippen molar-refractivity contribution < 1.29 is 4.74 Å². The van der Waals surface area contributed by atoms with Gasteiger partial charge in [-0.15, -0.1) is 12.4 Å². The molecule has 0 aromatic carbocycles. The van der Waals surface area contributed by atoms with Gasteiger partial charge in [-0.1, -0.05) is 0 Å². The van der Waals surface area contributed by atoms with Crippen LogP contribution >= 0.6 is 12.4 Å². The van der Waals surface area contributed by atoms with E-state index in [9.17, 15) is 0 Å². The summed E-state index contributed by atoms with van der Waals surface area (Å²) < 4.78 is 5.71. The highest BCUT2D eigenvalue weighted by molar-refractivity contribution is 5.85. The molecule has 0 radical (unpaired) electrons. The molecule has 0 saturated carbocycles. The molecule has 1 N–H and O–H groups in total. The Labute approximate surface area is 92.6 Å². The summed E-state index contributed by atoms with van der Waals surface area (Å²) >= 11 is 0. The molecule has 0 aromatic rings. The van der Waals surface area contributed by atoms with Crippen molar-refractivity contribution in [2.45, 2.75) is 25.5 Å².